The molecule has 2 amide bonds. The molecule has 1 aliphatic rings. The van der Waals surface area contributed by atoms with Crippen LogP contribution in [0.1, 0.15) is 18.0 Å². The van der Waals surface area contributed by atoms with E-state index < -0.39 is 30.0 Å². The average molecular weight is 263 g/mol. The largest absolute Gasteiger partial charge is 0.391 e. The van der Waals surface area contributed by atoms with Gasteiger partial charge in [-0.1, -0.05) is 30.3 Å². The number of nitrogens with two attached hydrogens (primary N) is 2. The molecule has 6 nitrogen and oxygen atoms in total. The van der Waals surface area contributed by atoms with Gasteiger partial charge in [0, 0.05) is 13.0 Å². The van der Waals surface area contributed by atoms with Crippen molar-refractivity contribution in [1.29, 1.82) is 0 Å². The van der Waals surface area contributed by atoms with Crippen LogP contribution in [0.2, 0.25) is 0 Å². The van der Waals surface area contributed by atoms with E-state index in [0.29, 0.717) is 5.56 Å². The number of rotatable bonds is 3. The van der Waals surface area contributed by atoms with Crippen molar-refractivity contribution in [3.05, 3.63) is 35.9 Å². The van der Waals surface area contributed by atoms with Gasteiger partial charge in [0.1, 0.15) is 12.1 Å². The normalized spacial score (nSPS) is 24.2. The van der Waals surface area contributed by atoms with Gasteiger partial charge < -0.3 is 21.5 Å². The second-order valence-electron chi connectivity index (χ2n) is 4.69. The molecule has 1 fully saturated rings. The molecule has 1 heterocycles. The standard InChI is InChI=1S/C13H17N3O3/c14-11(8-4-2-1-3-5-8)13(19)16-7-9(17)6-10(16)12(15)18/h1-5,9-11,17H,6-7,14H2,(H2,15,18). The number of aliphatic hydroxyl groups is 1. The molecule has 0 aliphatic carbocycles. The van der Waals surface area contributed by atoms with Gasteiger partial charge in [0.25, 0.3) is 0 Å². The third kappa shape index (κ3) is 2.74. The van der Waals surface area contributed by atoms with Crippen molar-refractivity contribution in [1.82, 2.24) is 4.90 Å². The van der Waals surface area contributed by atoms with Crippen LogP contribution in [0.5, 0.6) is 0 Å². The number of likely N-dealkylation sites (tertiary alicyclic amines) is 1. The summed E-state index contributed by atoms with van der Waals surface area (Å²) in [6.45, 7) is 0.0903. The molecule has 3 atom stereocenters. The summed E-state index contributed by atoms with van der Waals surface area (Å²) in [4.78, 5) is 24.9. The summed E-state index contributed by atoms with van der Waals surface area (Å²) < 4.78 is 0. The zero-order valence-corrected chi connectivity index (χ0v) is 10.4. The maximum atomic E-state index is 12.3. The van der Waals surface area contributed by atoms with Crippen molar-refractivity contribution >= 4 is 11.8 Å². The molecule has 0 bridgehead atoms. The van der Waals surface area contributed by atoms with Crippen molar-refractivity contribution in [2.45, 2.75) is 24.6 Å². The molecule has 5 N–H and O–H groups in total. The lowest BCUT2D eigenvalue weighted by Crippen LogP contribution is -2.47. The molecule has 0 spiro atoms. The minimum atomic E-state index is -0.853. The number of amides is 2. The Labute approximate surface area is 111 Å². The third-order valence-corrected chi connectivity index (χ3v) is 3.32. The molecule has 1 aromatic carbocycles. The van der Waals surface area contributed by atoms with Crippen molar-refractivity contribution in [3.8, 4) is 0 Å². The Morgan fingerprint density at radius 3 is 2.53 bits per heavy atom. The smallest absolute Gasteiger partial charge is 0.244 e. The lowest BCUT2D eigenvalue weighted by Gasteiger charge is -2.25. The number of primary amides is 1. The SMILES string of the molecule is NC(=O)C1CC(O)CN1C(=O)C(N)c1ccccc1. The van der Waals surface area contributed by atoms with Gasteiger partial charge in [-0.05, 0) is 5.56 Å². The maximum absolute atomic E-state index is 12.3. The van der Waals surface area contributed by atoms with Crippen LogP contribution in [0.4, 0.5) is 0 Å². The summed E-state index contributed by atoms with van der Waals surface area (Å²) in [5, 5.41) is 9.58. The first-order chi connectivity index (χ1) is 9.00. The summed E-state index contributed by atoms with van der Waals surface area (Å²) in [7, 11) is 0. The van der Waals surface area contributed by atoms with Gasteiger partial charge in [0.05, 0.1) is 6.10 Å². The Balaban J connectivity index is 2.17. The molecule has 2 rings (SSSR count). The summed E-state index contributed by atoms with van der Waals surface area (Å²) >= 11 is 0. The molecular formula is C13H17N3O3. The molecule has 102 valence electrons. The first kappa shape index (κ1) is 13.5. The molecular weight excluding hydrogens is 246 g/mol. The Morgan fingerprint density at radius 2 is 1.95 bits per heavy atom. The molecule has 1 aromatic rings. The lowest BCUT2D eigenvalue weighted by molar-refractivity contribution is -0.138. The van der Waals surface area contributed by atoms with Crippen LogP contribution >= 0.6 is 0 Å². The van der Waals surface area contributed by atoms with Gasteiger partial charge in [-0.25, -0.2) is 0 Å². The van der Waals surface area contributed by atoms with Crippen LogP contribution in [0.3, 0.4) is 0 Å². The Kier molecular flexibility index (Phi) is 3.82. The third-order valence-electron chi connectivity index (χ3n) is 3.32. The fourth-order valence-corrected chi connectivity index (χ4v) is 2.31. The van der Waals surface area contributed by atoms with E-state index in [1.807, 2.05) is 6.07 Å². The zero-order chi connectivity index (χ0) is 14.0. The number of benzene rings is 1. The topological polar surface area (TPSA) is 110 Å². The van der Waals surface area contributed by atoms with Gasteiger partial charge in [-0.3, -0.25) is 9.59 Å². The molecule has 0 radical (unpaired) electrons. The molecule has 1 aliphatic heterocycles. The Hall–Kier alpha value is -1.92. The Bertz CT molecular complexity index is 477. The molecule has 6 heteroatoms. The van der Waals surface area contributed by atoms with E-state index in [0.717, 1.165) is 0 Å². The number of hydrogen-bond donors (Lipinski definition) is 3. The Morgan fingerprint density at radius 1 is 1.32 bits per heavy atom. The number of aliphatic hydroxyl groups excluding tert-OH is 1. The van der Waals surface area contributed by atoms with Gasteiger partial charge in [0.2, 0.25) is 11.8 Å². The van der Waals surface area contributed by atoms with Crippen LogP contribution in [0.15, 0.2) is 30.3 Å². The molecule has 19 heavy (non-hydrogen) atoms. The van der Waals surface area contributed by atoms with Crippen LogP contribution in [-0.2, 0) is 9.59 Å². The van der Waals surface area contributed by atoms with E-state index in [2.05, 4.69) is 0 Å². The van der Waals surface area contributed by atoms with Crippen molar-refractivity contribution in [2.75, 3.05) is 6.54 Å². The number of nitrogens with zero attached hydrogens (tertiary/aromatic N) is 1. The van der Waals surface area contributed by atoms with Gasteiger partial charge in [-0.2, -0.15) is 0 Å². The fraction of sp³-hybridized carbons (Fsp3) is 0.385. The maximum Gasteiger partial charge on any atom is 0.244 e. The first-order valence-corrected chi connectivity index (χ1v) is 6.09. The van der Waals surface area contributed by atoms with Crippen molar-refractivity contribution in [3.63, 3.8) is 0 Å². The number of hydrogen-bond acceptors (Lipinski definition) is 4. The van der Waals surface area contributed by atoms with E-state index in [1.54, 1.807) is 24.3 Å². The van der Waals surface area contributed by atoms with Crippen LogP contribution in [0, 0.1) is 0 Å². The van der Waals surface area contributed by atoms with Gasteiger partial charge in [0.15, 0.2) is 0 Å². The summed E-state index contributed by atoms with van der Waals surface area (Å²) in [6, 6.07) is 7.25. The highest BCUT2D eigenvalue weighted by molar-refractivity contribution is 5.90. The number of β-amino-alcohol motifs (C(OH)–C–C–N with tert-alkyl or cyclic N) is 1. The summed E-state index contributed by atoms with van der Waals surface area (Å²) in [5.41, 5.74) is 11.8. The minimum Gasteiger partial charge on any atom is -0.391 e. The van der Waals surface area contributed by atoms with Crippen LogP contribution in [-0.4, -0.2) is 40.5 Å². The average Bonchev–Trinajstić information content (AvgIpc) is 2.80. The van der Waals surface area contributed by atoms with Crippen LogP contribution < -0.4 is 11.5 Å². The second kappa shape index (κ2) is 5.38. The fourth-order valence-electron chi connectivity index (χ4n) is 2.31. The molecule has 0 aromatic heterocycles. The van der Waals surface area contributed by atoms with E-state index in [1.165, 1.54) is 4.90 Å². The van der Waals surface area contributed by atoms with Crippen LogP contribution in [0.25, 0.3) is 0 Å². The van der Waals surface area contributed by atoms with E-state index >= 15 is 0 Å². The predicted molar refractivity (Wildman–Crippen MR) is 68.7 cm³/mol. The van der Waals surface area contributed by atoms with E-state index in [-0.39, 0.29) is 13.0 Å². The molecule has 0 saturated carbocycles. The zero-order valence-electron chi connectivity index (χ0n) is 10.4. The quantitative estimate of drug-likeness (QED) is 0.658. The number of carbonyl (C=O) groups excluding carboxylic acids is 2. The highest BCUT2D eigenvalue weighted by Gasteiger charge is 2.39. The second-order valence-corrected chi connectivity index (χ2v) is 4.69. The van der Waals surface area contributed by atoms with E-state index in [9.17, 15) is 14.7 Å². The first-order valence-electron chi connectivity index (χ1n) is 6.09. The monoisotopic (exact) mass is 263 g/mol. The van der Waals surface area contributed by atoms with Crippen molar-refractivity contribution in [2.24, 2.45) is 11.5 Å². The summed E-state index contributed by atoms with van der Waals surface area (Å²) in [6.07, 6.45) is -0.563. The molecule has 3 unspecified atom stereocenters. The van der Waals surface area contributed by atoms with Gasteiger partial charge in [-0.15, -0.1) is 0 Å². The van der Waals surface area contributed by atoms with Crippen molar-refractivity contribution < 1.29 is 14.7 Å². The number of carbonyl (C=O) groups is 2. The molecule has 1 saturated heterocycles. The minimum absolute atomic E-state index is 0.0903. The van der Waals surface area contributed by atoms with Gasteiger partial charge >= 0.3 is 0 Å². The lowest BCUT2D eigenvalue weighted by atomic mass is 10.1. The van der Waals surface area contributed by atoms with E-state index in [4.69, 9.17) is 11.5 Å². The highest BCUT2D eigenvalue weighted by atomic mass is 16.3. The predicted octanol–water partition coefficient (Wildman–Crippen LogP) is -0.866. The summed E-state index contributed by atoms with van der Waals surface area (Å²) in [5.74, 6) is -1.02. The highest BCUT2D eigenvalue weighted by Crippen LogP contribution is 2.22.